The van der Waals surface area contributed by atoms with Gasteiger partial charge in [-0.1, -0.05) is 29.5 Å². The summed E-state index contributed by atoms with van der Waals surface area (Å²) in [6, 6.07) is 15.3. The van der Waals surface area contributed by atoms with Crippen LogP contribution in [0.15, 0.2) is 66.9 Å². The highest BCUT2D eigenvalue weighted by Gasteiger charge is 2.31. The molecule has 0 radical (unpaired) electrons. The van der Waals surface area contributed by atoms with Crippen molar-refractivity contribution in [3.05, 3.63) is 89.2 Å². The molecule has 4 aromatic rings. The van der Waals surface area contributed by atoms with E-state index < -0.39 is 17.6 Å². The van der Waals surface area contributed by atoms with Gasteiger partial charge in [0.1, 0.15) is 0 Å². The van der Waals surface area contributed by atoms with E-state index in [1.165, 1.54) is 28.4 Å². The van der Waals surface area contributed by atoms with Crippen molar-refractivity contribution >= 4 is 32.6 Å². The number of alkyl halides is 3. The molecule has 2 heterocycles. The van der Waals surface area contributed by atoms with Gasteiger partial charge >= 0.3 is 6.18 Å². The fourth-order valence-electron chi connectivity index (χ4n) is 3.03. The molecule has 30 heavy (non-hydrogen) atoms. The van der Waals surface area contributed by atoms with Gasteiger partial charge in [0, 0.05) is 11.8 Å². The molecule has 4 nitrogen and oxygen atoms in total. The van der Waals surface area contributed by atoms with Crippen molar-refractivity contribution in [2.45, 2.75) is 19.6 Å². The molecule has 2 aromatic heterocycles. The zero-order valence-corrected chi connectivity index (χ0v) is 16.7. The number of amides is 1. The average Bonchev–Trinajstić information content (AvgIpc) is 3.17. The first-order valence-electron chi connectivity index (χ1n) is 9.08. The van der Waals surface area contributed by atoms with Crippen molar-refractivity contribution in [2.75, 3.05) is 4.90 Å². The monoisotopic (exact) mass is 427 g/mol. The summed E-state index contributed by atoms with van der Waals surface area (Å²) in [6.45, 7) is 2.09. The summed E-state index contributed by atoms with van der Waals surface area (Å²) in [6.07, 6.45) is -2.83. The Hall–Kier alpha value is -3.26. The van der Waals surface area contributed by atoms with Crippen molar-refractivity contribution in [3.63, 3.8) is 0 Å². The summed E-state index contributed by atoms with van der Waals surface area (Å²) in [5.41, 5.74) is 1.77. The lowest BCUT2D eigenvalue weighted by Gasteiger charge is -2.20. The number of fused-ring (bicyclic) bond motifs is 1. The number of benzene rings is 2. The summed E-state index contributed by atoms with van der Waals surface area (Å²) >= 11 is 1.36. The van der Waals surface area contributed by atoms with Crippen molar-refractivity contribution < 1.29 is 18.0 Å². The summed E-state index contributed by atoms with van der Waals surface area (Å²) < 4.78 is 39.6. The summed E-state index contributed by atoms with van der Waals surface area (Å²) in [5, 5.41) is 0.467. The summed E-state index contributed by atoms with van der Waals surface area (Å²) in [4.78, 5) is 23.6. The Labute approximate surface area is 174 Å². The standard InChI is InChI=1S/C22H16F3N3OS/c1-14-5-4-7-18-19(14)27-21(30-18)28(13-17-6-2-3-12-26-17)20(29)15-8-10-16(11-9-15)22(23,24)25/h2-12H,13H2,1H3. The number of pyridine rings is 1. The van der Waals surface area contributed by atoms with Crippen LogP contribution in [-0.4, -0.2) is 15.9 Å². The molecule has 152 valence electrons. The van der Waals surface area contributed by atoms with E-state index in [-0.39, 0.29) is 12.1 Å². The van der Waals surface area contributed by atoms with Crippen LogP contribution in [0, 0.1) is 6.92 Å². The van der Waals surface area contributed by atoms with Crippen LogP contribution >= 0.6 is 11.3 Å². The molecule has 1 amide bonds. The van der Waals surface area contributed by atoms with Gasteiger partial charge in [-0.2, -0.15) is 13.2 Å². The van der Waals surface area contributed by atoms with Crippen LogP contribution in [0.5, 0.6) is 0 Å². The number of hydrogen-bond acceptors (Lipinski definition) is 4. The van der Waals surface area contributed by atoms with Crippen LogP contribution in [-0.2, 0) is 12.7 Å². The molecular weight excluding hydrogens is 411 g/mol. The number of aryl methyl sites for hydroxylation is 1. The third-order valence-electron chi connectivity index (χ3n) is 4.59. The van der Waals surface area contributed by atoms with Gasteiger partial charge in [0.15, 0.2) is 5.13 Å². The van der Waals surface area contributed by atoms with Gasteiger partial charge in [-0.15, -0.1) is 0 Å². The lowest BCUT2D eigenvalue weighted by molar-refractivity contribution is -0.137. The maximum Gasteiger partial charge on any atom is 0.416 e. The van der Waals surface area contributed by atoms with Crippen molar-refractivity contribution in [3.8, 4) is 0 Å². The second-order valence-corrected chi connectivity index (χ2v) is 7.71. The molecule has 0 N–H and O–H groups in total. The molecule has 0 unspecified atom stereocenters. The highest BCUT2D eigenvalue weighted by molar-refractivity contribution is 7.22. The second-order valence-electron chi connectivity index (χ2n) is 6.71. The zero-order valence-electron chi connectivity index (χ0n) is 15.8. The number of nitrogens with zero attached hydrogens (tertiary/aromatic N) is 3. The van der Waals surface area contributed by atoms with E-state index >= 15 is 0 Å². The second kappa shape index (κ2) is 7.87. The number of para-hydroxylation sites is 1. The molecular formula is C22H16F3N3OS. The molecule has 0 aliphatic rings. The minimum absolute atomic E-state index is 0.148. The van der Waals surface area contributed by atoms with Crippen molar-refractivity contribution in [1.82, 2.24) is 9.97 Å². The average molecular weight is 427 g/mol. The van der Waals surface area contributed by atoms with E-state index in [0.29, 0.717) is 10.8 Å². The SMILES string of the molecule is Cc1cccc2sc(N(Cc3ccccn3)C(=O)c3ccc(C(F)(F)F)cc3)nc12. The van der Waals surface area contributed by atoms with Gasteiger partial charge in [-0.25, -0.2) is 4.98 Å². The van der Waals surface area contributed by atoms with Gasteiger partial charge in [0.05, 0.1) is 28.0 Å². The maximum absolute atomic E-state index is 13.3. The fourth-order valence-corrected chi connectivity index (χ4v) is 4.07. The quantitative estimate of drug-likeness (QED) is 0.409. The first-order valence-corrected chi connectivity index (χ1v) is 9.90. The van der Waals surface area contributed by atoms with E-state index in [1.807, 2.05) is 31.2 Å². The lowest BCUT2D eigenvalue weighted by Crippen LogP contribution is -2.30. The topological polar surface area (TPSA) is 46.1 Å². The van der Waals surface area contributed by atoms with Gasteiger partial charge in [-0.3, -0.25) is 14.7 Å². The molecule has 0 saturated carbocycles. The third kappa shape index (κ3) is 4.04. The number of carbonyl (C=O) groups excluding carboxylic acids is 1. The zero-order chi connectivity index (χ0) is 21.3. The number of aromatic nitrogens is 2. The molecule has 0 bridgehead atoms. The Morgan fingerprint density at radius 3 is 2.43 bits per heavy atom. The van der Waals surface area contributed by atoms with Gasteiger partial charge in [-0.05, 0) is 55.0 Å². The van der Waals surface area contributed by atoms with Crippen LogP contribution in [0.4, 0.5) is 18.3 Å². The Morgan fingerprint density at radius 1 is 1.03 bits per heavy atom. The molecule has 0 fully saturated rings. The normalized spacial score (nSPS) is 11.6. The first-order chi connectivity index (χ1) is 14.3. The first kappa shape index (κ1) is 20.0. The Kier molecular flexibility index (Phi) is 5.26. The molecule has 0 atom stereocenters. The number of carbonyl (C=O) groups is 1. The van der Waals surface area contributed by atoms with E-state index in [2.05, 4.69) is 9.97 Å². The predicted molar refractivity (Wildman–Crippen MR) is 111 cm³/mol. The highest BCUT2D eigenvalue weighted by atomic mass is 32.1. The Balaban J connectivity index is 1.74. The molecule has 0 aliphatic carbocycles. The molecule has 0 saturated heterocycles. The van der Waals surface area contributed by atoms with Crippen LogP contribution in [0.3, 0.4) is 0 Å². The fraction of sp³-hybridized carbons (Fsp3) is 0.136. The molecule has 0 aliphatic heterocycles. The predicted octanol–water partition coefficient (Wildman–Crippen LogP) is 5.87. The third-order valence-corrected chi connectivity index (χ3v) is 5.63. The van der Waals surface area contributed by atoms with Crippen molar-refractivity contribution in [2.24, 2.45) is 0 Å². The Morgan fingerprint density at radius 2 is 1.80 bits per heavy atom. The lowest BCUT2D eigenvalue weighted by atomic mass is 10.1. The number of halogens is 3. The number of rotatable bonds is 4. The largest absolute Gasteiger partial charge is 0.416 e. The Bertz CT molecular complexity index is 1190. The smallest absolute Gasteiger partial charge is 0.278 e. The van der Waals surface area contributed by atoms with E-state index in [0.717, 1.165) is 27.9 Å². The van der Waals surface area contributed by atoms with Crippen LogP contribution in [0.1, 0.15) is 27.2 Å². The van der Waals surface area contributed by atoms with E-state index in [4.69, 9.17) is 0 Å². The highest BCUT2D eigenvalue weighted by Crippen LogP contribution is 2.33. The van der Waals surface area contributed by atoms with E-state index in [1.54, 1.807) is 18.3 Å². The minimum Gasteiger partial charge on any atom is -0.278 e. The maximum atomic E-state index is 13.3. The molecule has 2 aromatic carbocycles. The van der Waals surface area contributed by atoms with Crippen LogP contribution in [0.25, 0.3) is 10.2 Å². The van der Waals surface area contributed by atoms with Crippen LogP contribution < -0.4 is 4.90 Å². The van der Waals surface area contributed by atoms with E-state index in [9.17, 15) is 18.0 Å². The summed E-state index contributed by atoms with van der Waals surface area (Å²) in [7, 11) is 0. The van der Waals surface area contributed by atoms with Gasteiger partial charge < -0.3 is 0 Å². The molecule has 4 rings (SSSR count). The number of anilines is 1. The number of thiazole rings is 1. The molecule has 0 spiro atoms. The summed E-state index contributed by atoms with van der Waals surface area (Å²) in [5.74, 6) is -0.439. The van der Waals surface area contributed by atoms with Gasteiger partial charge in [0.25, 0.3) is 5.91 Å². The van der Waals surface area contributed by atoms with Crippen molar-refractivity contribution in [1.29, 1.82) is 0 Å². The number of hydrogen-bond donors (Lipinski definition) is 0. The minimum atomic E-state index is -4.46. The van der Waals surface area contributed by atoms with Gasteiger partial charge in [0.2, 0.25) is 0 Å². The molecule has 8 heteroatoms. The van der Waals surface area contributed by atoms with Crippen LogP contribution in [0.2, 0.25) is 0 Å².